The van der Waals surface area contributed by atoms with Crippen LogP contribution in [0.1, 0.15) is 23.7 Å². The van der Waals surface area contributed by atoms with Crippen LogP contribution in [0, 0.1) is 0 Å². The highest BCUT2D eigenvalue weighted by atomic mass is 32.1. The summed E-state index contributed by atoms with van der Waals surface area (Å²) in [6, 6.07) is 8.30. The molecule has 0 atom stereocenters. The van der Waals surface area contributed by atoms with Gasteiger partial charge in [-0.25, -0.2) is 9.78 Å². The molecule has 0 unspecified atom stereocenters. The van der Waals surface area contributed by atoms with E-state index in [0.29, 0.717) is 18.2 Å². The third-order valence-corrected chi connectivity index (χ3v) is 5.26. The van der Waals surface area contributed by atoms with Crippen LogP contribution in [0.4, 0.5) is 9.93 Å². The van der Waals surface area contributed by atoms with Crippen molar-refractivity contribution in [2.75, 3.05) is 32.6 Å². The minimum absolute atomic E-state index is 0.121. The molecule has 2 N–H and O–H groups in total. The molecule has 0 aliphatic carbocycles. The number of hydrogen-bond acceptors (Lipinski definition) is 6. The summed E-state index contributed by atoms with van der Waals surface area (Å²) in [7, 11) is 3.07. The Balaban J connectivity index is 1.87. The minimum Gasteiger partial charge on any atom is -0.463 e. The van der Waals surface area contributed by atoms with Crippen LogP contribution in [0.5, 0.6) is 0 Å². The Kier molecular flexibility index (Phi) is 10.1. The van der Waals surface area contributed by atoms with Gasteiger partial charge in [0, 0.05) is 33.1 Å². The number of hydrogen-bond donors (Lipinski definition) is 2. The molecule has 10 heteroatoms. The lowest BCUT2D eigenvalue weighted by molar-refractivity contribution is -0.114. The van der Waals surface area contributed by atoms with Crippen molar-refractivity contribution in [2.24, 2.45) is 4.99 Å². The fourth-order valence-corrected chi connectivity index (χ4v) is 3.60. The number of carboxylic acid groups (broad SMARTS) is 1. The van der Waals surface area contributed by atoms with E-state index in [4.69, 9.17) is 14.6 Å². The first-order chi connectivity index (χ1) is 14.9. The van der Waals surface area contributed by atoms with Gasteiger partial charge in [0.25, 0.3) is 0 Å². The zero-order valence-corrected chi connectivity index (χ0v) is 18.7. The number of rotatable bonds is 12. The number of ether oxygens (including phenoxy) is 2. The van der Waals surface area contributed by atoms with E-state index in [1.54, 1.807) is 4.90 Å². The van der Waals surface area contributed by atoms with Crippen LogP contribution >= 0.6 is 11.3 Å². The average Bonchev–Trinajstić information content (AvgIpc) is 3.19. The van der Waals surface area contributed by atoms with Crippen LogP contribution in [-0.4, -0.2) is 66.9 Å². The fourth-order valence-electron chi connectivity index (χ4n) is 2.81. The molecule has 1 aromatic heterocycles. The van der Waals surface area contributed by atoms with E-state index in [1.807, 2.05) is 5.38 Å². The summed E-state index contributed by atoms with van der Waals surface area (Å²) in [5.74, 6) is -0.121. The standard InChI is InChI=1S/C21H28N4O5S/c1-15(26)23-20-24-18(13-31-20)9-8-16-4-6-17(7-5-16)10-11-25(14-22-21(27)28)12-19(29-2)30-3/h4-7,13-14,19H,8-12H2,1-3H3,(H,27,28)(H,23,24,26). The molecule has 9 nitrogen and oxygen atoms in total. The van der Waals surface area contributed by atoms with Crippen molar-refractivity contribution in [2.45, 2.75) is 32.5 Å². The van der Waals surface area contributed by atoms with Crippen molar-refractivity contribution < 1.29 is 24.2 Å². The lowest BCUT2D eigenvalue weighted by atomic mass is 10.0. The van der Waals surface area contributed by atoms with E-state index >= 15 is 0 Å². The molecule has 2 rings (SSSR count). The molecule has 0 aliphatic heterocycles. The Labute approximate surface area is 185 Å². The summed E-state index contributed by atoms with van der Waals surface area (Å²) in [5, 5.41) is 14.1. The average molecular weight is 449 g/mol. The second kappa shape index (κ2) is 12.8. The lowest BCUT2D eigenvalue weighted by Gasteiger charge is -2.23. The second-order valence-electron chi connectivity index (χ2n) is 6.81. The molecule has 1 heterocycles. The van der Waals surface area contributed by atoms with Gasteiger partial charge in [-0.2, -0.15) is 4.99 Å². The zero-order valence-electron chi connectivity index (χ0n) is 17.9. The van der Waals surface area contributed by atoms with Crippen molar-refractivity contribution >= 4 is 34.8 Å². The number of nitrogens with zero attached hydrogens (tertiary/aromatic N) is 3. The zero-order chi connectivity index (χ0) is 22.6. The Morgan fingerprint density at radius 2 is 1.84 bits per heavy atom. The maximum Gasteiger partial charge on any atom is 0.432 e. The molecule has 0 fully saturated rings. The van der Waals surface area contributed by atoms with Gasteiger partial charge in [-0.1, -0.05) is 24.3 Å². The number of aliphatic imine (C=N–C) groups is 1. The first-order valence-corrected chi connectivity index (χ1v) is 10.6. The highest BCUT2D eigenvalue weighted by Crippen LogP contribution is 2.17. The number of nitrogens with one attached hydrogen (secondary N) is 1. The van der Waals surface area contributed by atoms with Gasteiger partial charge in [-0.05, 0) is 30.4 Å². The van der Waals surface area contributed by atoms with Gasteiger partial charge in [-0.3, -0.25) is 4.79 Å². The SMILES string of the molecule is COC(CN(C=NC(=O)O)CCc1ccc(CCc2csc(NC(C)=O)n2)cc1)OC. The van der Waals surface area contributed by atoms with Crippen molar-refractivity contribution in [1.82, 2.24) is 9.88 Å². The lowest BCUT2D eigenvalue weighted by Crippen LogP contribution is -2.35. The summed E-state index contributed by atoms with van der Waals surface area (Å²) in [6.07, 6.45) is 1.95. The number of aryl methyl sites for hydroxylation is 2. The molecule has 2 amide bonds. The largest absolute Gasteiger partial charge is 0.463 e. The molecule has 0 aliphatic rings. The van der Waals surface area contributed by atoms with Gasteiger partial charge < -0.3 is 24.8 Å². The Bertz CT molecular complexity index is 865. The number of anilines is 1. The summed E-state index contributed by atoms with van der Waals surface area (Å²) in [5.41, 5.74) is 3.28. The first-order valence-electron chi connectivity index (χ1n) is 9.76. The predicted octanol–water partition coefficient (Wildman–Crippen LogP) is 3.06. The summed E-state index contributed by atoms with van der Waals surface area (Å²) in [6.45, 7) is 2.41. The van der Waals surface area contributed by atoms with Crippen molar-refractivity contribution in [3.05, 3.63) is 46.5 Å². The maximum absolute atomic E-state index is 11.1. The van der Waals surface area contributed by atoms with Crippen molar-refractivity contribution in [3.63, 3.8) is 0 Å². The number of methoxy groups -OCH3 is 2. The van der Waals surface area contributed by atoms with Crippen LogP contribution in [0.25, 0.3) is 0 Å². The number of carbonyl (C=O) groups excluding carboxylic acids is 1. The topological polar surface area (TPSA) is 113 Å². The van der Waals surface area contributed by atoms with Gasteiger partial charge in [0.2, 0.25) is 5.91 Å². The Hall–Kier alpha value is -2.82. The third-order valence-electron chi connectivity index (χ3n) is 4.46. The molecule has 31 heavy (non-hydrogen) atoms. The third kappa shape index (κ3) is 9.24. The first kappa shape index (κ1) is 24.4. The van der Waals surface area contributed by atoms with E-state index in [0.717, 1.165) is 30.5 Å². The van der Waals surface area contributed by atoms with Crippen molar-refractivity contribution in [1.29, 1.82) is 0 Å². The molecule has 0 spiro atoms. The molecular formula is C21H28N4O5S. The summed E-state index contributed by atoms with van der Waals surface area (Å²) < 4.78 is 10.4. The molecule has 1 aromatic carbocycles. The number of thiazole rings is 1. The van der Waals surface area contributed by atoms with E-state index in [1.165, 1.54) is 44.4 Å². The smallest absolute Gasteiger partial charge is 0.432 e. The van der Waals surface area contributed by atoms with Crippen LogP contribution in [0.3, 0.4) is 0 Å². The van der Waals surface area contributed by atoms with E-state index in [2.05, 4.69) is 39.6 Å². The molecule has 168 valence electrons. The number of benzene rings is 1. The van der Waals surface area contributed by atoms with Gasteiger partial charge in [0.15, 0.2) is 11.4 Å². The van der Waals surface area contributed by atoms with Crippen molar-refractivity contribution in [3.8, 4) is 0 Å². The highest BCUT2D eigenvalue weighted by molar-refractivity contribution is 7.13. The van der Waals surface area contributed by atoms with Crippen LogP contribution in [-0.2, 0) is 33.5 Å². The maximum atomic E-state index is 11.1. The number of carbonyl (C=O) groups is 2. The van der Waals surface area contributed by atoms with Gasteiger partial charge in [0.1, 0.15) is 0 Å². The second-order valence-corrected chi connectivity index (χ2v) is 7.67. The van der Waals surface area contributed by atoms with Gasteiger partial charge in [-0.15, -0.1) is 11.3 Å². The predicted molar refractivity (Wildman–Crippen MR) is 120 cm³/mol. The quantitative estimate of drug-likeness (QED) is 0.291. The molecule has 0 radical (unpaired) electrons. The summed E-state index contributed by atoms with van der Waals surface area (Å²) in [4.78, 5) is 31.4. The number of aromatic nitrogens is 1. The van der Waals surface area contributed by atoms with Gasteiger partial charge in [0.05, 0.1) is 18.6 Å². The van der Waals surface area contributed by atoms with E-state index < -0.39 is 12.4 Å². The van der Waals surface area contributed by atoms with E-state index in [-0.39, 0.29) is 5.91 Å². The monoisotopic (exact) mass is 448 g/mol. The molecule has 0 saturated heterocycles. The molecular weight excluding hydrogens is 420 g/mol. The van der Waals surface area contributed by atoms with Gasteiger partial charge >= 0.3 is 6.09 Å². The molecule has 0 bridgehead atoms. The van der Waals surface area contributed by atoms with E-state index in [9.17, 15) is 9.59 Å². The fraction of sp³-hybridized carbons (Fsp3) is 0.429. The molecule has 0 saturated carbocycles. The van der Waals surface area contributed by atoms with Crippen LogP contribution in [0.2, 0.25) is 0 Å². The Morgan fingerprint density at radius 3 is 2.42 bits per heavy atom. The van der Waals surface area contributed by atoms with Crippen LogP contribution in [0.15, 0.2) is 34.6 Å². The normalized spacial score (nSPS) is 11.2. The van der Waals surface area contributed by atoms with Crippen LogP contribution < -0.4 is 5.32 Å². The highest BCUT2D eigenvalue weighted by Gasteiger charge is 2.11. The molecule has 2 aromatic rings. The minimum atomic E-state index is -1.25. The summed E-state index contributed by atoms with van der Waals surface area (Å²) >= 11 is 1.42. The Morgan fingerprint density at radius 1 is 1.19 bits per heavy atom. The number of amides is 2.